The summed E-state index contributed by atoms with van der Waals surface area (Å²) in [5.41, 5.74) is 4.66. The van der Waals surface area contributed by atoms with Gasteiger partial charge in [0, 0.05) is 24.1 Å². The minimum Gasteiger partial charge on any atom is -0.469 e. The standard InChI is InChI=1S/C14H13NO/c1-10-2-4-11(5-3-10)14-12-7-9-16-13(12)6-8-15-14/h2-5,7,9H,6,8H2,1H3. The van der Waals surface area contributed by atoms with Crippen LogP contribution in [0.2, 0.25) is 0 Å². The van der Waals surface area contributed by atoms with Gasteiger partial charge in [-0.25, -0.2) is 0 Å². The number of fused-ring (bicyclic) bond motifs is 1. The zero-order valence-corrected chi connectivity index (χ0v) is 9.23. The van der Waals surface area contributed by atoms with E-state index in [9.17, 15) is 0 Å². The third-order valence-electron chi connectivity index (χ3n) is 2.93. The molecule has 0 saturated carbocycles. The normalized spacial score (nSPS) is 14.4. The summed E-state index contributed by atoms with van der Waals surface area (Å²) in [6, 6.07) is 10.5. The second-order valence-electron chi connectivity index (χ2n) is 4.10. The third-order valence-corrected chi connectivity index (χ3v) is 2.93. The van der Waals surface area contributed by atoms with E-state index in [1.54, 1.807) is 6.26 Å². The van der Waals surface area contributed by atoms with Crippen LogP contribution in [0.3, 0.4) is 0 Å². The summed E-state index contributed by atoms with van der Waals surface area (Å²) >= 11 is 0. The van der Waals surface area contributed by atoms with Crippen LogP contribution < -0.4 is 0 Å². The molecule has 0 bridgehead atoms. The van der Waals surface area contributed by atoms with Crippen molar-refractivity contribution in [3.05, 3.63) is 59.0 Å². The zero-order valence-electron chi connectivity index (χ0n) is 9.23. The molecule has 0 unspecified atom stereocenters. The van der Waals surface area contributed by atoms with Crippen LogP contribution in [0.4, 0.5) is 0 Å². The van der Waals surface area contributed by atoms with Gasteiger partial charge < -0.3 is 4.42 Å². The first-order valence-electron chi connectivity index (χ1n) is 5.53. The third kappa shape index (κ3) is 1.47. The number of benzene rings is 1. The number of nitrogens with zero attached hydrogens (tertiary/aromatic N) is 1. The predicted octanol–water partition coefficient (Wildman–Crippen LogP) is 2.98. The number of rotatable bonds is 1. The van der Waals surface area contributed by atoms with Crippen LogP contribution in [0.15, 0.2) is 46.0 Å². The highest BCUT2D eigenvalue weighted by Crippen LogP contribution is 2.21. The van der Waals surface area contributed by atoms with E-state index in [0.29, 0.717) is 0 Å². The largest absolute Gasteiger partial charge is 0.469 e. The molecule has 0 radical (unpaired) electrons. The monoisotopic (exact) mass is 211 g/mol. The Morgan fingerprint density at radius 1 is 1.12 bits per heavy atom. The van der Waals surface area contributed by atoms with E-state index in [0.717, 1.165) is 30.0 Å². The van der Waals surface area contributed by atoms with Gasteiger partial charge in [0.25, 0.3) is 0 Å². The molecule has 80 valence electrons. The molecule has 0 fully saturated rings. The van der Waals surface area contributed by atoms with Crippen molar-refractivity contribution in [1.29, 1.82) is 0 Å². The van der Waals surface area contributed by atoms with Crippen molar-refractivity contribution in [3.63, 3.8) is 0 Å². The summed E-state index contributed by atoms with van der Waals surface area (Å²) in [5, 5.41) is 0. The summed E-state index contributed by atoms with van der Waals surface area (Å²) < 4.78 is 5.45. The summed E-state index contributed by atoms with van der Waals surface area (Å²) in [6.45, 7) is 2.92. The van der Waals surface area contributed by atoms with E-state index in [4.69, 9.17) is 4.42 Å². The smallest absolute Gasteiger partial charge is 0.114 e. The number of aryl methyl sites for hydroxylation is 1. The van der Waals surface area contributed by atoms with Crippen LogP contribution in [0.1, 0.15) is 22.5 Å². The summed E-state index contributed by atoms with van der Waals surface area (Å²) in [4.78, 5) is 4.60. The molecule has 2 aromatic rings. The average Bonchev–Trinajstić information content (AvgIpc) is 2.78. The highest BCUT2D eigenvalue weighted by molar-refractivity contribution is 6.13. The molecule has 1 aromatic carbocycles. The van der Waals surface area contributed by atoms with Crippen molar-refractivity contribution in [1.82, 2.24) is 0 Å². The minimum absolute atomic E-state index is 0.823. The van der Waals surface area contributed by atoms with Crippen molar-refractivity contribution in [3.8, 4) is 0 Å². The number of hydrogen-bond acceptors (Lipinski definition) is 2. The Balaban J connectivity index is 2.08. The molecule has 1 aromatic heterocycles. The molecule has 0 spiro atoms. The molecular formula is C14H13NO. The van der Waals surface area contributed by atoms with Crippen LogP contribution >= 0.6 is 0 Å². The topological polar surface area (TPSA) is 25.5 Å². The lowest BCUT2D eigenvalue weighted by atomic mass is 9.98. The van der Waals surface area contributed by atoms with Crippen molar-refractivity contribution in [2.45, 2.75) is 13.3 Å². The van der Waals surface area contributed by atoms with E-state index in [-0.39, 0.29) is 0 Å². The van der Waals surface area contributed by atoms with Crippen LogP contribution in [0, 0.1) is 6.92 Å². The Kier molecular flexibility index (Phi) is 2.13. The molecule has 2 heterocycles. The van der Waals surface area contributed by atoms with Gasteiger partial charge in [0.2, 0.25) is 0 Å². The lowest BCUT2D eigenvalue weighted by molar-refractivity contribution is 0.508. The van der Waals surface area contributed by atoms with E-state index in [1.807, 2.05) is 6.07 Å². The van der Waals surface area contributed by atoms with Crippen LogP contribution in [0.25, 0.3) is 0 Å². The second kappa shape index (κ2) is 3.63. The number of aliphatic imine (C=N–C) groups is 1. The van der Waals surface area contributed by atoms with Crippen molar-refractivity contribution >= 4 is 5.71 Å². The van der Waals surface area contributed by atoms with Crippen molar-refractivity contribution < 1.29 is 4.42 Å². The molecule has 2 nitrogen and oxygen atoms in total. The van der Waals surface area contributed by atoms with E-state index in [1.165, 1.54) is 11.1 Å². The second-order valence-corrected chi connectivity index (χ2v) is 4.10. The van der Waals surface area contributed by atoms with Gasteiger partial charge in [-0.15, -0.1) is 0 Å². The fourth-order valence-electron chi connectivity index (χ4n) is 2.06. The van der Waals surface area contributed by atoms with Crippen LogP contribution in [-0.4, -0.2) is 12.3 Å². The fourth-order valence-corrected chi connectivity index (χ4v) is 2.06. The van der Waals surface area contributed by atoms with Crippen molar-refractivity contribution in [2.75, 3.05) is 6.54 Å². The Morgan fingerprint density at radius 2 is 1.94 bits per heavy atom. The molecular weight excluding hydrogens is 198 g/mol. The maximum absolute atomic E-state index is 5.45. The maximum atomic E-state index is 5.45. The van der Waals surface area contributed by atoms with Gasteiger partial charge in [0.15, 0.2) is 0 Å². The Morgan fingerprint density at radius 3 is 2.75 bits per heavy atom. The fraction of sp³-hybridized carbons (Fsp3) is 0.214. The van der Waals surface area contributed by atoms with Crippen LogP contribution in [-0.2, 0) is 6.42 Å². The van der Waals surface area contributed by atoms with Gasteiger partial charge >= 0.3 is 0 Å². The highest BCUT2D eigenvalue weighted by Gasteiger charge is 2.17. The highest BCUT2D eigenvalue weighted by atomic mass is 16.3. The van der Waals surface area contributed by atoms with Gasteiger partial charge in [-0.3, -0.25) is 4.99 Å². The lowest BCUT2D eigenvalue weighted by Gasteiger charge is -2.12. The first-order chi connectivity index (χ1) is 7.84. The van der Waals surface area contributed by atoms with Gasteiger partial charge in [-0.2, -0.15) is 0 Å². The van der Waals surface area contributed by atoms with Crippen LogP contribution in [0.5, 0.6) is 0 Å². The minimum atomic E-state index is 0.823. The zero-order chi connectivity index (χ0) is 11.0. The van der Waals surface area contributed by atoms with E-state index in [2.05, 4.69) is 36.2 Å². The first kappa shape index (κ1) is 9.40. The number of hydrogen-bond donors (Lipinski definition) is 0. The molecule has 16 heavy (non-hydrogen) atoms. The average molecular weight is 211 g/mol. The number of furan rings is 1. The molecule has 1 aliphatic heterocycles. The van der Waals surface area contributed by atoms with Crippen molar-refractivity contribution in [2.24, 2.45) is 4.99 Å². The molecule has 3 rings (SSSR count). The predicted molar refractivity (Wildman–Crippen MR) is 64.1 cm³/mol. The van der Waals surface area contributed by atoms with E-state index >= 15 is 0 Å². The molecule has 0 amide bonds. The van der Waals surface area contributed by atoms with E-state index < -0.39 is 0 Å². The van der Waals surface area contributed by atoms with Gasteiger partial charge in [0.05, 0.1) is 12.0 Å². The maximum Gasteiger partial charge on any atom is 0.114 e. The molecule has 0 N–H and O–H groups in total. The molecule has 0 saturated heterocycles. The van der Waals surface area contributed by atoms with Gasteiger partial charge in [0.1, 0.15) is 5.76 Å². The summed E-state index contributed by atoms with van der Waals surface area (Å²) in [7, 11) is 0. The Hall–Kier alpha value is -1.83. The summed E-state index contributed by atoms with van der Waals surface area (Å²) in [5.74, 6) is 1.06. The Bertz CT molecular complexity index is 534. The molecule has 2 heteroatoms. The SMILES string of the molecule is Cc1ccc(C2=NCCc3occc32)cc1. The first-order valence-corrected chi connectivity index (χ1v) is 5.53. The van der Waals surface area contributed by atoms with Gasteiger partial charge in [-0.05, 0) is 13.0 Å². The Labute approximate surface area is 94.6 Å². The quantitative estimate of drug-likeness (QED) is 0.712. The van der Waals surface area contributed by atoms with Gasteiger partial charge in [-0.1, -0.05) is 29.8 Å². The molecule has 0 aliphatic carbocycles. The lowest BCUT2D eigenvalue weighted by Crippen LogP contribution is -2.11. The molecule has 0 atom stereocenters. The molecule has 1 aliphatic rings. The summed E-state index contributed by atoms with van der Waals surface area (Å²) in [6.07, 6.45) is 2.66.